The van der Waals surface area contributed by atoms with Gasteiger partial charge in [0.25, 0.3) is 0 Å². The number of esters is 1. The highest BCUT2D eigenvalue weighted by Gasteiger charge is 2.45. The Kier molecular flexibility index (Phi) is 8.74. The minimum atomic E-state index is -1.07. The largest absolute Gasteiger partial charge is 1.00 e. The van der Waals surface area contributed by atoms with Crippen LogP contribution in [0.5, 0.6) is 0 Å². The molecular formula is C15H25ClNO3-. The molecule has 1 rings (SSSR count). The molecule has 20 heavy (non-hydrogen) atoms. The van der Waals surface area contributed by atoms with Crippen molar-refractivity contribution in [3.05, 3.63) is 12.7 Å². The molecule has 4 nitrogen and oxygen atoms in total. The molecule has 1 unspecified atom stereocenters. The zero-order chi connectivity index (χ0) is 14.3. The van der Waals surface area contributed by atoms with E-state index in [-0.39, 0.29) is 18.2 Å². The number of nitrogens with zero attached hydrogens (tertiary/aromatic N) is 1. The summed E-state index contributed by atoms with van der Waals surface area (Å²) in [5.41, 5.74) is -1.07. The Morgan fingerprint density at radius 3 is 2.35 bits per heavy atom. The van der Waals surface area contributed by atoms with Gasteiger partial charge in [-0.25, -0.2) is 0 Å². The van der Waals surface area contributed by atoms with Crippen LogP contribution in [-0.4, -0.2) is 42.9 Å². The highest BCUT2D eigenvalue weighted by atomic mass is 35.5. The van der Waals surface area contributed by atoms with E-state index < -0.39 is 11.4 Å². The number of hydrogen-bond donors (Lipinski definition) is 0. The van der Waals surface area contributed by atoms with Gasteiger partial charge < -0.3 is 22.0 Å². The zero-order valence-electron chi connectivity index (χ0n) is 12.5. The number of carbonyl (C=O) groups excluding carboxylic acids is 2. The molecule has 0 aromatic rings. The first kappa shape index (κ1) is 19.1. The Morgan fingerprint density at radius 2 is 1.90 bits per heavy atom. The number of ether oxygens (including phenoxy) is 1. The van der Waals surface area contributed by atoms with E-state index in [1.165, 1.54) is 13.3 Å². The number of piperidine rings is 1. The van der Waals surface area contributed by atoms with Gasteiger partial charge >= 0.3 is 5.97 Å². The molecule has 1 fully saturated rings. The molecule has 0 radical (unpaired) electrons. The van der Waals surface area contributed by atoms with Crippen molar-refractivity contribution in [2.75, 3.05) is 26.2 Å². The molecule has 0 N–H and O–H groups in total. The summed E-state index contributed by atoms with van der Waals surface area (Å²) in [4.78, 5) is 26.5. The van der Waals surface area contributed by atoms with Gasteiger partial charge in [0.1, 0.15) is 11.2 Å². The second kappa shape index (κ2) is 9.14. The first-order chi connectivity index (χ1) is 9.06. The normalized spacial score (nSPS) is 18.5. The number of ketones is 1. The van der Waals surface area contributed by atoms with Gasteiger partial charge in [-0.2, -0.15) is 0 Å². The molecule has 5 heteroatoms. The Balaban J connectivity index is 0.00000361. The number of rotatable bonds is 7. The van der Waals surface area contributed by atoms with E-state index in [0.717, 1.165) is 25.9 Å². The molecule has 0 spiro atoms. The van der Waals surface area contributed by atoms with Crippen LogP contribution < -0.4 is 12.4 Å². The predicted octanol–water partition coefficient (Wildman–Crippen LogP) is -0.809. The van der Waals surface area contributed by atoms with Crippen LogP contribution in [0.2, 0.25) is 0 Å². The second-order valence-electron chi connectivity index (χ2n) is 5.19. The average Bonchev–Trinajstić information content (AvgIpc) is 2.39. The standard InChI is InChI=1S/C15H25NO3.ClH/c1-4-9-15(13(3)17,14(18)19-5-2)12-16-10-7-6-8-11-16;/h4H,1,5-12H2,2-3H3;1H/p-1. The maximum Gasteiger partial charge on any atom is 0.321 e. The topological polar surface area (TPSA) is 46.6 Å². The molecule has 0 aliphatic carbocycles. The molecule has 1 atom stereocenters. The lowest BCUT2D eigenvalue weighted by Gasteiger charge is -2.35. The van der Waals surface area contributed by atoms with Crippen molar-refractivity contribution in [2.24, 2.45) is 5.41 Å². The van der Waals surface area contributed by atoms with Crippen molar-refractivity contribution >= 4 is 11.8 Å². The number of Topliss-reactive ketones (excluding diaryl/α,β-unsaturated/α-hetero) is 1. The van der Waals surface area contributed by atoms with E-state index in [1.54, 1.807) is 13.0 Å². The molecule has 0 amide bonds. The molecule has 0 saturated carbocycles. The SMILES string of the molecule is C=CCC(CN1CCCCC1)(C(C)=O)C(=O)OCC.[Cl-]. The number of hydrogen-bond acceptors (Lipinski definition) is 4. The summed E-state index contributed by atoms with van der Waals surface area (Å²) in [6.07, 6.45) is 5.47. The summed E-state index contributed by atoms with van der Waals surface area (Å²) in [6.45, 7) is 9.57. The van der Waals surface area contributed by atoms with Gasteiger partial charge in [0, 0.05) is 6.54 Å². The first-order valence-electron chi connectivity index (χ1n) is 7.08. The van der Waals surface area contributed by atoms with Crippen molar-refractivity contribution < 1.29 is 26.7 Å². The lowest BCUT2D eigenvalue weighted by molar-refractivity contribution is -0.161. The molecule has 116 valence electrons. The minimum absolute atomic E-state index is 0. The lowest BCUT2D eigenvalue weighted by atomic mass is 9.79. The first-order valence-corrected chi connectivity index (χ1v) is 7.08. The summed E-state index contributed by atoms with van der Waals surface area (Å²) in [7, 11) is 0. The smallest absolute Gasteiger partial charge is 0.321 e. The van der Waals surface area contributed by atoms with Crippen LogP contribution in [0.1, 0.15) is 39.5 Å². The summed E-state index contributed by atoms with van der Waals surface area (Å²) < 4.78 is 5.13. The summed E-state index contributed by atoms with van der Waals surface area (Å²) in [6, 6.07) is 0. The molecule has 1 aliphatic heterocycles. The fraction of sp³-hybridized carbons (Fsp3) is 0.733. The highest BCUT2D eigenvalue weighted by Crippen LogP contribution is 2.29. The van der Waals surface area contributed by atoms with Crippen molar-refractivity contribution in [3.63, 3.8) is 0 Å². The number of likely N-dealkylation sites (tertiary alicyclic amines) is 1. The highest BCUT2D eigenvalue weighted by molar-refractivity contribution is 6.03. The number of allylic oxidation sites excluding steroid dienone is 1. The third-order valence-electron chi connectivity index (χ3n) is 3.78. The summed E-state index contributed by atoms with van der Waals surface area (Å²) in [5.74, 6) is -0.538. The van der Waals surface area contributed by atoms with E-state index in [4.69, 9.17) is 4.74 Å². The molecule has 1 saturated heterocycles. The monoisotopic (exact) mass is 302 g/mol. The van der Waals surface area contributed by atoms with Crippen LogP contribution in [0.25, 0.3) is 0 Å². The van der Waals surface area contributed by atoms with E-state index in [9.17, 15) is 9.59 Å². The van der Waals surface area contributed by atoms with E-state index in [1.807, 2.05) is 0 Å². The minimum Gasteiger partial charge on any atom is -1.00 e. The molecular weight excluding hydrogens is 278 g/mol. The van der Waals surface area contributed by atoms with Gasteiger partial charge in [-0.1, -0.05) is 12.5 Å². The van der Waals surface area contributed by atoms with Crippen molar-refractivity contribution in [3.8, 4) is 0 Å². The number of halogens is 1. The van der Waals surface area contributed by atoms with Gasteiger partial charge in [0.15, 0.2) is 0 Å². The predicted molar refractivity (Wildman–Crippen MR) is 74.9 cm³/mol. The van der Waals surface area contributed by atoms with Gasteiger partial charge in [-0.15, -0.1) is 6.58 Å². The molecule has 0 bridgehead atoms. The third-order valence-corrected chi connectivity index (χ3v) is 3.78. The van der Waals surface area contributed by atoms with Gasteiger partial charge in [0.2, 0.25) is 0 Å². The third kappa shape index (κ3) is 4.60. The van der Waals surface area contributed by atoms with Crippen molar-refractivity contribution in [1.82, 2.24) is 4.90 Å². The zero-order valence-corrected chi connectivity index (χ0v) is 13.2. The van der Waals surface area contributed by atoms with E-state index in [2.05, 4.69) is 11.5 Å². The van der Waals surface area contributed by atoms with Crippen LogP contribution in [0.4, 0.5) is 0 Å². The maximum atomic E-state index is 12.3. The lowest BCUT2D eigenvalue weighted by Crippen LogP contribution is -3.00. The molecule has 1 heterocycles. The molecule has 0 aromatic heterocycles. The Morgan fingerprint density at radius 1 is 1.30 bits per heavy atom. The fourth-order valence-corrected chi connectivity index (χ4v) is 2.63. The van der Waals surface area contributed by atoms with Crippen molar-refractivity contribution in [2.45, 2.75) is 39.5 Å². The van der Waals surface area contributed by atoms with Gasteiger partial charge in [0.05, 0.1) is 6.61 Å². The van der Waals surface area contributed by atoms with Crippen LogP contribution in [-0.2, 0) is 14.3 Å². The maximum absolute atomic E-state index is 12.3. The van der Waals surface area contributed by atoms with Gasteiger partial charge in [-0.3, -0.25) is 9.59 Å². The Labute approximate surface area is 128 Å². The van der Waals surface area contributed by atoms with Crippen molar-refractivity contribution in [1.29, 1.82) is 0 Å². The van der Waals surface area contributed by atoms with Crippen LogP contribution in [0.15, 0.2) is 12.7 Å². The number of carbonyl (C=O) groups is 2. The Bertz CT molecular complexity index is 340. The van der Waals surface area contributed by atoms with Crippen LogP contribution >= 0.6 is 0 Å². The average molecular weight is 303 g/mol. The summed E-state index contributed by atoms with van der Waals surface area (Å²) >= 11 is 0. The van der Waals surface area contributed by atoms with Crippen LogP contribution in [0.3, 0.4) is 0 Å². The second-order valence-corrected chi connectivity index (χ2v) is 5.19. The Hall–Kier alpha value is -0.870. The van der Waals surface area contributed by atoms with Crippen LogP contribution in [0, 0.1) is 5.41 Å². The summed E-state index contributed by atoms with van der Waals surface area (Å²) in [5, 5.41) is 0. The molecule has 0 aromatic carbocycles. The quantitative estimate of drug-likeness (QED) is 0.351. The van der Waals surface area contributed by atoms with E-state index in [0.29, 0.717) is 19.6 Å². The van der Waals surface area contributed by atoms with E-state index >= 15 is 0 Å². The molecule has 1 aliphatic rings. The van der Waals surface area contributed by atoms with Gasteiger partial charge in [-0.05, 0) is 46.2 Å². The fourth-order valence-electron chi connectivity index (χ4n) is 2.63.